The number of aromatic nitrogens is 1. The van der Waals surface area contributed by atoms with Gasteiger partial charge in [0.15, 0.2) is 0 Å². The Morgan fingerprint density at radius 1 is 1.53 bits per heavy atom. The van der Waals surface area contributed by atoms with Crippen LogP contribution in [0.1, 0.15) is 29.8 Å². The first-order valence-corrected chi connectivity index (χ1v) is 6.47. The van der Waals surface area contributed by atoms with Gasteiger partial charge in [0, 0.05) is 24.8 Å². The summed E-state index contributed by atoms with van der Waals surface area (Å²) in [4.78, 5) is 12.1. The van der Waals surface area contributed by atoms with E-state index < -0.39 is 13.0 Å². The number of halogens is 2. The zero-order valence-electron chi connectivity index (χ0n) is 10.6. The van der Waals surface area contributed by atoms with Gasteiger partial charge in [0.2, 0.25) is 0 Å². The lowest BCUT2D eigenvalue weighted by Crippen LogP contribution is -2.39. The summed E-state index contributed by atoms with van der Waals surface area (Å²) in [6, 6.07) is 3.04. The van der Waals surface area contributed by atoms with Gasteiger partial charge in [0.25, 0.3) is 12.3 Å². The van der Waals surface area contributed by atoms with E-state index in [1.807, 2.05) is 0 Å². The number of carbonyl (C=O) groups is 1. The predicted octanol–water partition coefficient (Wildman–Crippen LogP) is 1.64. The largest absolute Gasteiger partial charge is 0.396 e. The molecule has 4 nitrogen and oxygen atoms in total. The maximum Gasteiger partial charge on any atom is 0.268 e. The van der Waals surface area contributed by atoms with Crippen molar-refractivity contribution in [1.82, 2.24) is 9.88 Å². The Kier molecular flexibility index (Phi) is 4.52. The van der Waals surface area contributed by atoms with Gasteiger partial charge < -0.3 is 15.0 Å². The van der Waals surface area contributed by atoms with Gasteiger partial charge in [-0.05, 0) is 25.0 Å². The van der Waals surface area contributed by atoms with Gasteiger partial charge in [-0.25, -0.2) is 8.78 Å². The van der Waals surface area contributed by atoms with Crippen LogP contribution in [0.3, 0.4) is 0 Å². The van der Waals surface area contributed by atoms with E-state index in [0.29, 0.717) is 0 Å². The number of hydrogen-bond donors (Lipinski definition) is 2. The van der Waals surface area contributed by atoms with Gasteiger partial charge >= 0.3 is 0 Å². The fraction of sp³-hybridized carbons (Fsp3) is 0.615. The molecule has 6 heteroatoms. The molecule has 2 rings (SSSR count). The normalized spacial score (nSPS) is 22.9. The second-order valence-corrected chi connectivity index (χ2v) is 4.89. The number of hydrogen-bond acceptors (Lipinski definition) is 2. The maximum atomic E-state index is 12.4. The number of nitrogens with one attached hydrogen (secondary N) is 1. The first-order chi connectivity index (χ1) is 9.11. The minimum Gasteiger partial charge on any atom is -0.396 e. The fourth-order valence-electron chi connectivity index (χ4n) is 2.62. The second-order valence-electron chi connectivity index (χ2n) is 4.89. The average molecular weight is 272 g/mol. The van der Waals surface area contributed by atoms with Crippen LogP contribution in [-0.4, -0.2) is 34.7 Å². The molecule has 1 saturated carbocycles. The van der Waals surface area contributed by atoms with E-state index in [4.69, 9.17) is 0 Å². The highest BCUT2D eigenvalue weighted by Gasteiger charge is 2.28. The highest BCUT2D eigenvalue weighted by atomic mass is 19.3. The summed E-state index contributed by atoms with van der Waals surface area (Å²) in [6.45, 7) is -0.438. The van der Waals surface area contributed by atoms with Crippen molar-refractivity contribution in [3.8, 4) is 0 Å². The van der Waals surface area contributed by atoms with Crippen LogP contribution < -0.4 is 5.32 Å². The fourth-order valence-corrected chi connectivity index (χ4v) is 2.62. The number of aliphatic hydroxyl groups excluding tert-OH is 1. The number of aliphatic hydroxyl groups is 1. The molecule has 19 heavy (non-hydrogen) atoms. The number of nitrogens with zero attached hydrogens (tertiary/aromatic N) is 1. The molecule has 2 unspecified atom stereocenters. The lowest BCUT2D eigenvalue weighted by atomic mass is 10.1. The van der Waals surface area contributed by atoms with E-state index in [2.05, 4.69) is 5.32 Å². The molecule has 1 aromatic rings. The standard InChI is InChI=1S/C13H18F2N2O2/c14-12(15)7-17-6-2-5-11(17)13(19)16-10-4-1-3-9(10)8-18/h2,5-6,9-10,12,18H,1,3-4,7-8H2,(H,16,19). The van der Waals surface area contributed by atoms with E-state index in [9.17, 15) is 18.7 Å². The van der Waals surface area contributed by atoms with Crippen LogP contribution in [0, 0.1) is 5.92 Å². The third kappa shape index (κ3) is 3.32. The van der Waals surface area contributed by atoms with Crippen LogP contribution in [0.4, 0.5) is 8.78 Å². The van der Waals surface area contributed by atoms with Crippen molar-refractivity contribution in [2.75, 3.05) is 6.61 Å². The Bertz CT molecular complexity index is 434. The molecule has 1 fully saturated rings. The maximum absolute atomic E-state index is 12.4. The smallest absolute Gasteiger partial charge is 0.268 e. The van der Waals surface area contributed by atoms with E-state index in [1.54, 1.807) is 6.07 Å². The predicted molar refractivity (Wildman–Crippen MR) is 66.1 cm³/mol. The molecule has 0 spiro atoms. The summed E-state index contributed by atoms with van der Waals surface area (Å²) in [6.07, 6.45) is 1.66. The molecular formula is C13H18F2N2O2. The summed E-state index contributed by atoms with van der Waals surface area (Å²) >= 11 is 0. The van der Waals surface area contributed by atoms with Crippen molar-refractivity contribution in [3.63, 3.8) is 0 Å². The van der Waals surface area contributed by atoms with Gasteiger partial charge in [-0.1, -0.05) is 6.42 Å². The molecule has 0 radical (unpaired) electrons. The molecule has 106 valence electrons. The van der Waals surface area contributed by atoms with Gasteiger partial charge in [0.1, 0.15) is 5.69 Å². The first-order valence-electron chi connectivity index (χ1n) is 6.47. The monoisotopic (exact) mass is 272 g/mol. The quantitative estimate of drug-likeness (QED) is 0.856. The highest BCUT2D eigenvalue weighted by molar-refractivity contribution is 5.93. The first kappa shape index (κ1) is 14.0. The highest BCUT2D eigenvalue weighted by Crippen LogP contribution is 2.25. The second kappa shape index (κ2) is 6.14. The van der Waals surface area contributed by atoms with Crippen LogP contribution in [0.25, 0.3) is 0 Å². The van der Waals surface area contributed by atoms with Crippen LogP contribution in [0.5, 0.6) is 0 Å². The van der Waals surface area contributed by atoms with Crippen LogP contribution in [0.2, 0.25) is 0 Å². The van der Waals surface area contributed by atoms with Crippen molar-refractivity contribution in [1.29, 1.82) is 0 Å². The number of rotatable bonds is 5. The van der Waals surface area contributed by atoms with E-state index in [0.717, 1.165) is 19.3 Å². The summed E-state index contributed by atoms with van der Waals surface area (Å²) in [5, 5.41) is 12.0. The molecule has 1 aromatic heterocycles. The zero-order chi connectivity index (χ0) is 13.8. The number of amides is 1. The lowest BCUT2D eigenvalue weighted by molar-refractivity contribution is 0.0894. The molecule has 0 aromatic carbocycles. The molecule has 1 heterocycles. The minimum absolute atomic E-state index is 0.0446. The van der Waals surface area contributed by atoms with Crippen molar-refractivity contribution in [2.24, 2.45) is 5.92 Å². The number of carbonyl (C=O) groups excluding carboxylic acids is 1. The molecule has 1 amide bonds. The molecule has 2 N–H and O–H groups in total. The Morgan fingerprint density at radius 3 is 3.00 bits per heavy atom. The summed E-state index contributed by atoms with van der Waals surface area (Å²) < 4.78 is 26.0. The Balaban J connectivity index is 2.01. The van der Waals surface area contributed by atoms with Crippen LogP contribution in [-0.2, 0) is 6.54 Å². The molecule has 0 aliphatic heterocycles. The topological polar surface area (TPSA) is 54.3 Å². The molecule has 1 aliphatic rings. The SMILES string of the molecule is O=C(NC1CCCC1CO)c1cccn1CC(F)F. The average Bonchev–Trinajstić information content (AvgIpc) is 2.97. The van der Waals surface area contributed by atoms with E-state index in [1.165, 1.54) is 16.8 Å². The van der Waals surface area contributed by atoms with Crippen LogP contribution >= 0.6 is 0 Å². The Labute approximate surface area is 110 Å². The molecule has 0 saturated heterocycles. The molecule has 0 bridgehead atoms. The van der Waals surface area contributed by atoms with Crippen molar-refractivity contribution in [3.05, 3.63) is 24.0 Å². The van der Waals surface area contributed by atoms with Gasteiger partial charge in [-0.15, -0.1) is 0 Å². The minimum atomic E-state index is -2.49. The zero-order valence-corrected chi connectivity index (χ0v) is 10.6. The van der Waals surface area contributed by atoms with Crippen LogP contribution in [0.15, 0.2) is 18.3 Å². The van der Waals surface area contributed by atoms with Gasteiger partial charge in [-0.2, -0.15) is 0 Å². The molecular weight excluding hydrogens is 254 g/mol. The van der Waals surface area contributed by atoms with Crippen molar-refractivity contribution >= 4 is 5.91 Å². The Hall–Kier alpha value is -1.43. The summed E-state index contributed by atoms with van der Waals surface area (Å²) in [5.41, 5.74) is 0.240. The number of alkyl halides is 2. The van der Waals surface area contributed by atoms with Crippen molar-refractivity contribution in [2.45, 2.75) is 38.3 Å². The summed E-state index contributed by atoms with van der Waals surface area (Å²) in [7, 11) is 0. The molecule has 2 atom stereocenters. The van der Waals surface area contributed by atoms with Gasteiger partial charge in [0.05, 0.1) is 6.54 Å². The lowest BCUT2D eigenvalue weighted by Gasteiger charge is -2.19. The third-order valence-corrected chi connectivity index (χ3v) is 3.61. The van der Waals surface area contributed by atoms with Crippen molar-refractivity contribution < 1.29 is 18.7 Å². The Morgan fingerprint density at radius 2 is 2.32 bits per heavy atom. The van der Waals surface area contributed by atoms with E-state index >= 15 is 0 Å². The molecule has 1 aliphatic carbocycles. The third-order valence-electron chi connectivity index (χ3n) is 3.61. The summed E-state index contributed by atoms with van der Waals surface area (Å²) in [5.74, 6) is -0.279. The van der Waals surface area contributed by atoms with E-state index in [-0.39, 0.29) is 30.2 Å². The van der Waals surface area contributed by atoms with Gasteiger partial charge in [-0.3, -0.25) is 4.79 Å².